The molecule has 0 radical (unpaired) electrons. The van der Waals surface area contributed by atoms with Gasteiger partial charge in [0.1, 0.15) is 11.5 Å². The van der Waals surface area contributed by atoms with Gasteiger partial charge in [-0.25, -0.2) is 0 Å². The number of carbonyl (C=O) groups is 1. The number of rotatable bonds is 7. The van der Waals surface area contributed by atoms with Crippen LogP contribution in [0.5, 0.6) is 11.5 Å². The third-order valence-electron chi connectivity index (χ3n) is 3.44. The van der Waals surface area contributed by atoms with E-state index >= 15 is 0 Å². The molecule has 122 valence electrons. The van der Waals surface area contributed by atoms with Crippen molar-refractivity contribution in [3.05, 3.63) is 53.6 Å². The van der Waals surface area contributed by atoms with Gasteiger partial charge in [-0.15, -0.1) is 0 Å². The molecule has 5 heteroatoms. The van der Waals surface area contributed by atoms with E-state index in [0.29, 0.717) is 6.54 Å². The van der Waals surface area contributed by atoms with Gasteiger partial charge in [-0.1, -0.05) is 18.2 Å². The van der Waals surface area contributed by atoms with Gasteiger partial charge in [0, 0.05) is 6.54 Å². The van der Waals surface area contributed by atoms with E-state index in [2.05, 4.69) is 10.6 Å². The lowest BCUT2D eigenvalue weighted by Gasteiger charge is -2.12. The highest BCUT2D eigenvalue weighted by Crippen LogP contribution is 2.24. The van der Waals surface area contributed by atoms with Gasteiger partial charge >= 0.3 is 0 Å². The molecule has 0 fully saturated rings. The summed E-state index contributed by atoms with van der Waals surface area (Å²) in [5, 5.41) is 5.98. The molecule has 2 N–H and O–H groups in total. The molecule has 2 rings (SSSR count). The topological polar surface area (TPSA) is 59.6 Å². The van der Waals surface area contributed by atoms with Gasteiger partial charge < -0.3 is 20.1 Å². The normalized spacial score (nSPS) is 10.0. The average Bonchev–Trinajstić information content (AvgIpc) is 2.58. The smallest absolute Gasteiger partial charge is 0.239 e. The fourth-order valence-electron chi connectivity index (χ4n) is 2.14. The van der Waals surface area contributed by atoms with E-state index in [1.807, 2.05) is 49.4 Å². The fourth-order valence-corrected chi connectivity index (χ4v) is 2.14. The fraction of sp³-hybridized carbons (Fsp3) is 0.278. The van der Waals surface area contributed by atoms with Gasteiger partial charge in [-0.3, -0.25) is 4.79 Å². The highest BCUT2D eigenvalue weighted by atomic mass is 16.5. The molecule has 5 nitrogen and oxygen atoms in total. The number of amides is 1. The first-order valence-electron chi connectivity index (χ1n) is 7.40. The molecule has 0 heterocycles. The molecule has 0 saturated carbocycles. The minimum Gasteiger partial charge on any atom is -0.497 e. The van der Waals surface area contributed by atoms with Crippen LogP contribution in [0.1, 0.15) is 11.1 Å². The summed E-state index contributed by atoms with van der Waals surface area (Å²) in [5.74, 6) is 1.44. The molecule has 0 atom stereocenters. The summed E-state index contributed by atoms with van der Waals surface area (Å²) >= 11 is 0. The predicted octanol–water partition coefficient (Wildman–Crippen LogP) is 2.74. The van der Waals surface area contributed by atoms with Crippen LogP contribution in [0.2, 0.25) is 0 Å². The molecule has 1 amide bonds. The van der Waals surface area contributed by atoms with Crippen molar-refractivity contribution in [3.63, 3.8) is 0 Å². The summed E-state index contributed by atoms with van der Waals surface area (Å²) in [6.45, 7) is 2.67. The van der Waals surface area contributed by atoms with Crippen LogP contribution in [-0.2, 0) is 11.3 Å². The Morgan fingerprint density at radius 2 is 1.78 bits per heavy atom. The maximum Gasteiger partial charge on any atom is 0.239 e. The molecular weight excluding hydrogens is 292 g/mol. The Morgan fingerprint density at radius 1 is 1.04 bits per heavy atom. The SMILES string of the molecule is COc1ccc(CNC(=O)CNc2cc(C)ccc2OC)cc1. The Bertz CT molecular complexity index is 654. The first kappa shape index (κ1) is 16.7. The van der Waals surface area contributed by atoms with Gasteiger partial charge in [0.2, 0.25) is 5.91 Å². The zero-order valence-corrected chi connectivity index (χ0v) is 13.7. The van der Waals surface area contributed by atoms with Crippen LogP contribution in [-0.4, -0.2) is 26.7 Å². The monoisotopic (exact) mass is 314 g/mol. The van der Waals surface area contributed by atoms with Gasteiger partial charge in [0.05, 0.1) is 26.5 Å². The number of benzene rings is 2. The second-order valence-electron chi connectivity index (χ2n) is 5.18. The van der Waals surface area contributed by atoms with Crippen LogP contribution in [0.15, 0.2) is 42.5 Å². The van der Waals surface area contributed by atoms with Gasteiger partial charge in [0.15, 0.2) is 0 Å². The first-order valence-corrected chi connectivity index (χ1v) is 7.40. The lowest BCUT2D eigenvalue weighted by Crippen LogP contribution is -2.29. The lowest BCUT2D eigenvalue weighted by molar-refractivity contribution is -0.119. The highest BCUT2D eigenvalue weighted by Gasteiger charge is 2.06. The number of nitrogens with one attached hydrogen (secondary N) is 2. The largest absolute Gasteiger partial charge is 0.497 e. The molecule has 2 aromatic carbocycles. The van der Waals surface area contributed by atoms with Crippen molar-refractivity contribution >= 4 is 11.6 Å². The van der Waals surface area contributed by atoms with Crippen molar-refractivity contribution in [2.75, 3.05) is 26.1 Å². The molecule has 0 aliphatic heterocycles. The summed E-state index contributed by atoms with van der Waals surface area (Å²) < 4.78 is 10.4. The second kappa shape index (κ2) is 8.08. The number of hydrogen-bond acceptors (Lipinski definition) is 4. The molecule has 0 aliphatic carbocycles. The van der Waals surface area contributed by atoms with Crippen LogP contribution in [0.4, 0.5) is 5.69 Å². The third-order valence-corrected chi connectivity index (χ3v) is 3.44. The van der Waals surface area contributed by atoms with Crippen LogP contribution < -0.4 is 20.1 Å². The Hall–Kier alpha value is -2.69. The van der Waals surface area contributed by atoms with Crippen molar-refractivity contribution in [1.29, 1.82) is 0 Å². The maximum absolute atomic E-state index is 12.0. The Labute approximate surface area is 136 Å². The molecule has 0 spiro atoms. The zero-order valence-electron chi connectivity index (χ0n) is 13.7. The number of hydrogen-bond donors (Lipinski definition) is 2. The summed E-state index contributed by atoms with van der Waals surface area (Å²) in [6.07, 6.45) is 0. The highest BCUT2D eigenvalue weighted by molar-refractivity contribution is 5.81. The standard InChI is InChI=1S/C18H22N2O3/c1-13-4-9-17(23-3)16(10-13)19-12-18(21)20-11-14-5-7-15(22-2)8-6-14/h4-10,19H,11-12H2,1-3H3,(H,20,21). The van der Waals surface area contributed by atoms with Crippen molar-refractivity contribution in [3.8, 4) is 11.5 Å². The lowest BCUT2D eigenvalue weighted by atomic mass is 10.2. The number of methoxy groups -OCH3 is 2. The molecule has 0 unspecified atom stereocenters. The Kier molecular flexibility index (Phi) is 5.86. The average molecular weight is 314 g/mol. The summed E-state index contributed by atoms with van der Waals surface area (Å²) in [4.78, 5) is 12.0. The van der Waals surface area contributed by atoms with Gasteiger partial charge in [-0.2, -0.15) is 0 Å². The van der Waals surface area contributed by atoms with Crippen LogP contribution in [0.3, 0.4) is 0 Å². The van der Waals surface area contributed by atoms with Crippen molar-refractivity contribution in [2.45, 2.75) is 13.5 Å². The molecular formula is C18H22N2O3. The molecule has 0 saturated heterocycles. The predicted molar refractivity (Wildman–Crippen MR) is 91.1 cm³/mol. The molecule has 0 bridgehead atoms. The van der Waals surface area contributed by atoms with E-state index in [-0.39, 0.29) is 12.5 Å². The van der Waals surface area contributed by atoms with Crippen molar-refractivity contribution in [2.24, 2.45) is 0 Å². The van der Waals surface area contributed by atoms with Crippen molar-refractivity contribution in [1.82, 2.24) is 5.32 Å². The van der Waals surface area contributed by atoms with E-state index in [0.717, 1.165) is 28.3 Å². The minimum atomic E-state index is -0.0793. The molecule has 0 aliphatic rings. The Morgan fingerprint density at radius 3 is 2.43 bits per heavy atom. The molecule has 0 aromatic heterocycles. The van der Waals surface area contributed by atoms with E-state index in [1.54, 1.807) is 14.2 Å². The number of ether oxygens (including phenoxy) is 2. The molecule has 23 heavy (non-hydrogen) atoms. The van der Waals surface area contributed by atoms with E-state index in [9.17, 15) is 4.79 Å². The Balaban J connectivity index is 1.84. The molecule has 2 aromatic rings. The van der Waals surface area contributed by atoms with Crippen LogP contribution in [0, 0.1) is 6.92 Å². The van der Waals surface area contributed by atoms with Crippen molar-refractivity contribution < 1.29 is 14.3 Å². The van der Waals surface area contributed by atoms with Crippen LogP contribution >= 0.6 is 0 Å². The van der Waals surface area contributed by atoms with Gasteiger partial charge in [0.25, 0.3) is 0 Å². The minimum absolute atomic E-state index is 0.0793. The summed E-state index contributed by atoms with van der Waals surface area (Å²) in [5.41, 5.74) is 2.94. The van der Waals surface area contributed by atoms with E-state index < -0.39 is 0 Å². The first-order chi connectivity index (χ1) is 11.1. The van der Waals surface area contributed by atoms with E-state index in [1.165, 1.54) is 0 Å². The third kappa shape index (κ3) is 4.92. The zero-order chi connectivity index (χ0) is 16.7. The maximum atomic E-state index is 12.0. The summed E-state index contributed by atoms with van der Waals surface area (Å²) in [6, 6.07) is 13.4. The quantitative estimate of drug-likeness (QED) is 0.825. The second-order valence-corrected chi connectivity index (χ2v) is 5.18. The number of aryl methyl sites for hydroxylation is 1. The number of carbonyl (C=O) groups excluding carboxylic acids is 1. The van der Waals surface area contributed by atoms with Crippen LogP contribution in [0.25, 0.3) is 0 Å². The van der Waals surface area contributed by atoms with E-state index in [4.69, 9.17) is 9.47 Å². The van der Waals surface area contributed by atoms with Gasteiger partial charge in [-0.05, 0) is 42.3 Å². The summed E-state index contributed by atoms with van der Waals surface area (Å²) in [7, 11) is 3.24. The number of anilines is 1.